The predicted octanol–water partition coefficient (Wildman–Crippen LogP) is 4.22. The summed E-state index contributed by atoms with van der Waals surface area (Å²) in [4.78, 5) is 4.36. The van der Waals surface area contributed by atoms with Gasteiger partial charge in [0.05, 0.1) is 5.69 Å². The fourth-order valence-corrected chi connectivity index (χ4v) is 1.81. The molecular formula is C14H15ClN2. The summed E-state index contributed by atoms with van der Waals surface area (Å²) in [5.41, 5.74) is 3.07. The molecule has 0 saturated carbocycles. The third-order valence-corrected chi connectivity index (χ3v) is 2.69. The van der Waals surface area contributed by atoms with Gasteiger partial charge in [-0.25, -0.2) is 0 Å². The maximum absolute atomic E-state index is 5.97. The van der Waals surface area contributed by atoms with E-state index < -0.39 is 0 Å². The van der Waals surface area contributed by atoms with E-state index in [0.29, 0.717) is 0 Å². The Morgan fingerprint density at radius 1 is 1.24 bits per heavy atom. The molecule has 2 nitrogen and oxygen atoms in total. The monoisotopic (exact) mass is 246 g/mol. The summed E-state index contributed by atoms with van der Waals surface area (Å²) in [6.45, 7) is 3.12. The number of anilines is 1. The standard InChI is InChI=1S/C14H15ClN2/c1-2-7-16-13-6-8-17-14(10-13)11-4-3-5-12(15)9-11/h3-6,8-10H,2,7H2,1H3,(H,16,17). The van der Waals surface area contributed by atoms with Gasteiger partial charge >= 0.3 is 0 Å². The second-order valence-corrected chi connectivity index (χ2v) is 4.30. The van der Waals surface area contributed by atoms with Crippen molar-refractivity contribution in [2.75, 3.05) is 11.9 Å². The number of hydrogen-bond acceptors (Lipinski definition) is 2. The van der Waals surface area contributed by atoms with E-state index in [0.717, 1.165) is 34.9 Å². The Labute approximate surface area is 107 Å². The van der Waals surface area contributed by atoms with E-state index in [4.69, 9.17) is 11.6 Å². The minimum absolute atomic E-state index is 0.733. The first-order valence-corrected chi connectivity index (χ1v) is 6.13. The van der Waals surface area contributed by atoms with Crippen molar-refractivity contribution in [2.24, 2.45) is 0 Å². The Kier molecular flexibility index (Phi) is 3.99. The zero-order valence-corrected chi connectivity index (χ0v) is 10.5. The van der Waals surface area contributed by atoms with Crippen molar-refractivity contribution in [1.29, 1.82) is 0 Å². The first kappa shape index (κ1) is 11.9. The average molecular weight is 247 g/mol. The highest BCUT2D eigenvalue weighted by molar-refractivity contribution is 6.30. The maximum Gasteiger partial charge on any atom is 0.0723 e. The lowest BCUT2D eigenvalue weighted by atomic mass is 10.1. The molecule has 17 heavy (non-hydrogen) atoms. The van der Waals surface area contributed by atoms with Crippen LogP contribution in [0.1, 0.15) is 13.3 Å². The molecular weight excluding hydrogens is 232 g/mol. The molecule has 1 N–H and O–H groups in total. The highest BCUT2D eigenvalue weighted by Gasteiger charge is 2.01. The van der Waals surface area contributed by atoms with Crippen molar-refractivity contribution < 1.29 is 0 Å². The van der Waals surface area contributed by atoms with Crippen LogP contribution in [0.3, 0.4) is 0 Å². The van der Waals surface area contributed by atoms with Gasteiger partial charge in [-0.15, -0.1) is 0 Å². The summed E-state index contributed by atoms with van der Waals surface area (Å²) in [5, 5.41) is 4.08. The number of nitrogens with one attached hydrogen (secondary N) is 1. The molecule has 0 aliphatic heterocycles. The molecule has 0 aliphatic carbocycles. The fraction of sp³-hybridized carbons (Fsp3) is 0.214. The Hall–Kier alpha value is -1.54. The van der Waals surface area contributed by atoms with Crippen LogP contribution >= 0.6 is 11.6 Å². The minimum atomic E-state index is 0.733. The van der Waals surface area contributed by atoms with Gasteiger partial charge in [-0.1, -0.05) is 30.7 Å². The molecule has 1 heterocycles. The largest absolute Gasteiger partial charge is 0.385 e. The molecule has 3 heteroatoms. The van der Waals surface area contributed by atoms with Crippen LogP contribution in [0.2, 0.25) is 5.02 Å². The average Bonchev–Trinajstić information content (AvgIpc) is 2.37. The molecule has 1 aromatic carbocycles. The smallest absolute Gasteiger partial charge is 0.0723 e. The van der Waals surface area contributed by atoms with Gasteiger partial charge in [-0.05, 0) is 30.7 Å². The molecule has 0 spiro atoms. The van der Waals surface area contributed by atoms with E-state index in [1.54, 1.807) is 0 Å². The SMILES string of the molecule is CCCNc1ccnc(-c2cccc(Cl)c2)c1. The second kappa shape index (κ2) is 5.69. The van der Waals surface area contributed by atoms with E-state index in [-0.39, 0.29) is 0 Å². The van der Waals surface area contributed by atoms with Gasteiger partial charge in [-0.2, -0.15) is 0 Å². The van der Waals surface area contributed by atoms with Crippen LogP contribution in [0, 0.1) is 0 Å². The summed E-state index contributed by atoms with van der Waals surface area (Å²) in [6, 6.07) is 11.8. The fourth-order valence-electron chi connectivity index (χ4n) is 1.62. The quantitative estimate of drug-likeness (QED) is 0.874. The van der Waals surface area contributed by atoms with Crippen LogP contribution in [0.15, 0.2) is 42.6 Å². The van der Waals surface area contributed by atoms with Gasteiger partial charge < -0.3 is 5.32 Å². The first-order chi connectivity index (χ1) is 8.29. The van der Waals surface area contributed by atoms with Gasteiger partial charge in [0.2, 0.25) is 0 Å². The molecule has 0 atom stereocenters. The lowest BCUT2D eigenvalue weighted by Crippen LogP contribution is -1.99. The highest BCUT2D eigenvalue weighted by atomic mass is 35.5. The Balaban J connectivity index is 2.26. The molecule has 0 unspecified atom stereocenters. The Morgan fingerprint density at radius 3 is 2.88 bits per heavy atom. The maximum atomic E-state index is 5.97. The summed E-state index contributed by atoms with van der Waals surface area (Å²) >= 11 is 5.97. The zero-order chi connectivity index (χ0) is 12.1. The molecule has 0 radical (unpaired) electrons. The number of halogens is 1. The summed E-state index contributed by atoms with van der Waals surface area (Å²) < 4.78 is 0. The number of rotatable bonds is 4. The molecule has 0 bridgehead atoms. The topological polar surface area (TPSA) is 24.9 Å². The van der Waals surface area contributed by atoms with Crippen molar-refractivity contribution in [3.05, 3.63) is 47.6 Å². The summed E-state index contributed by atoms with van der Waals surface area (Å²) in [5.74, 6) is 0. The van der Waals surface area contributed by atoms with Crippen molar-refractivity contribution in [3.8, 4) is 11.3 Å². The van der Waals surface area contributed by atoms with Gasteiger partial charge in [0.15, 0.2) is 0 Å². The number of nitrogens with zero attached hydrogens (tertiary/aromatic N) is 1. The van der Waals surface area contributed by atoms with E-state index in [9.17, 15) is 0 Å². The molecule has 0 fully saturated rings. The number of hydrogen-bond donors (Lipinski definition) is 1. The number of pyridine rings is 1. The Bertz CT molecular complexity index is 497. The highest BCUT2D eigenvalue weighted by Crippen LogP contribution is 2.22. The molecule has 88 valence electrons. The van der Waals surface area contributed by atoms with Crippen LogP contribution in [-0.2, 0) is 0 Å². The molecule has 0 aliphatic rings. The van der Waals surface area contributed by atoms with Crippen LogP contribution in [0.25, 0.3) is 11.3 Å². The molecule has 2 rings (SSSR count). The zero-order valence-electron chi connectivity index (χ0n) is 9.78. The van der Waals surface area contributed by atoms with E-state index in [2.05, 4.69) is 17.2 Å². The molecule has 0 amide bonds. The number of benzene rings is 1. The predicted molar refractivity (Wildman–Crippen MR) is 73.5 cm³/mol. The van der Waals surface area contributed by atoms with Crippen molar-refractivity contribution in [3.63, 3.8) is 0 Å². The van der Waals surface area contributed by atoms with Crippen LogP contribution in [-0.4, -0.2) is 11.5 Å². The molecule has 1 aromatic heterocycles. The van der Waals surface area contributed by atoms with Crippen molar-refractivity contribution in [1.82, 2.24) is 4.98 Å². The summed E-state index contributed by atoms with van der Waals surface area (Å²) in [6.07, 6.45) is 2.92. The first-order valence-electron chi connectivity index (χ1n) is 5.75. The minimum Gasteiger partial charge on any atom is -0.385 e. The second-order valence-electron chi connectivity index (χ2n) is 3.87. The van der Waals surface area contributed by atoms with Gasteiger partial charge in [0.1, 0.15) is 0 Å². The van der Waals surface area contributed by atoms with E-state index in [1.165, 1.54) is 0 Å². The van der Waals surface area contributed by atoms with Crippen LogP contribution < -0.4 is 5.32 Å². The van der Waals surface area contributed by atoms with Crippen LogP contribution in [0.4, 0.5) is 5.69 Å². The van der Waals surface area contributed by atoms with Gasteiger partial charge in [0.25, 0.3) is 0 Å². The van der Waals surface area contributed by atoms with E-state index in [1.807, 2.05) is 42.6 Å². The van der Waals surface area contributed by atoms with Gasteiger partial charge in [0, 0.05) is 29.0 Å². The third kappa shape index (κ3) is 3.21. The molecule has 2 aromatic rings. The summed E-state index contributed by atoms with van der Waals surface area (Å²) in [7, 11) is 0. The third-order valence-electron chi connectivity index (χ3n) is 2.46. The lowest BCUT2D eigenvalue weighted by Gasteiger charge is -2.07. The Morgan fingerprint density at radius 2 is 2.12 bits per heavy atom. The lowest BCUT2D eigenvalue weighted by molar-refractivity contribution is 0.979. The van der Waals surface area contributed by atoms with Crippen molar-refractivity contribution in [2.45, 2.75) is 13.3 Å². The number of aromatic nitrogens is 1. The van der Waals surface area contributed by atoms with Crippen LogP contribution in [0.5, 0.6) is 0 Å². The van der Waals surface area contributed by atoms with E-state index >= 15 is 0 Å². The molecule has 0 saturated heterocycles. The van der Waals surface area contributed by atoms with Gasteiger partial charge in [-0.3, -0.25) is 4.98 Å². The normalized spacial score (nSPS) is 10.2. The van der Waals surface area contributed by atoms with Crippen molar-refractivity contribution >= 4 is 17.3 Å².